The predicted octanol–water partition coefficient (Wildman–Crippen LogP) is 7.22. The average molecular weight is 486 g/mol. The van der Waals surface area contributed by atoms with E-state index in [1.54, 1.807) is 19.3 Å². The molecule has 5 aromatic rings. The first-order chi connectivity index (χ1) is 17.4. The van der Waals surface area contributed by atoms with E-state index in [9.17, 15) is 13.6 Å². The fourth-order valence-electron chi connectivity index (χ4n) is 4.64. The van der Waals surface area contributed by atoms with Crippen molar-refractivity contribution in [2.24, 2.45) is 0 Å². The highest BCUT2D eigenvalue weighted by Gasteiger charge is 2.31. The van der Waals surface area contributed by atoms with E-state index in [4.69, 9.17) is 4.74 Å². The van der Waals surface area contributed by atoms with Gasteiger partial charge in [-0.2, -0.15) is 0 Å². The van der Waals surface area contributed by atoms with Crippen LogP contribution in [0.3, 0.4) is 0 Å². The topological polar surface area (TPSA) is 70.8 Å². The number of halogens is 2. The zero-order valence-corrected chi connectivity index (χ0v) is 19.9. The summed E-state index contributed by atoms with van der Waals surface area (Å²) in [6.07, 6.45) is 5.24. The standard InChI is InChI=1S/C29H25F2N3O2/c1-18-21-11-13-32-25(21)16-24(31)27(18)36-20-9-10-23(30)22(15-20)28-33-17-26(34-28)29(2,12-6-14-35)19-7-4-3-5-8-19/h3-5,7-11,13-17,32H,6,12H2,1-2H3,(H,33,34). The Labute approximate surface area is 207 Å². The lowest BCUT2D eigenvalue weighted by Crippen LogP contribution is -2.24. The lowest BCUT2D eigenvalue weighted by atomic mass is 9.76. The molecule has 0 fully saturated rings. The van der Waals surface area contributed by atoms with Crippen LogP contribution in [0.25, 0.3) is 22.3 Å². The molecule has 0 bridgehead atoms. The lowest BCUT2D eigenvalue weighted by molar-refractivity contribution is -0.108. The number of aryl methyl sites for hydroxylation is 1. The number of carbonyl (C=O) groups is 1. The number of benzene rings is 3. The zero-order chi connectivity index (χ0) is 25.3. The van der Waals surface area contributed by atoms with Gasteiger partial charge in [-0.05, 0) is 50.1 Å². The van der Waals surface area contributed by atoms with Gasteiger partial charge in [0.2, 0.25) is 0 Å². The first-order valence-electron chi connectivity index (χ1n) is 11.7. The minimum atomic E-state index is -0.524. The average Bonchev–Trinajstić information content (AvgIpc) is 3.57. The molecule has 0 aliphatic rings. The van der Waals surface area contributed by atoms with Crippen molar-refractivity contribution in [1.82, 2.24) is 15.0 Å². The molecule has 1 unspecified atom stereocenters. The Bertz CT molecular complexity index is 1540. The second-order valence-electron chi connectivity index (χ2n) is 9.04. The Hall–Kier alpha value is -4.26. The molecular weight excluding hydrogens is 460 g/mol. The fraction of sp³-hybridized carbons (Fsp3) is 0.172. The highest BCUT2D eigenvalue weighted by atomic mass is 19.1. The number of aromatic amines is 2. The molecule has 0 saturated carbocycles. The first kappa shape index (κ1) is 23.5. The normalized spacial score (nSPS) is 13.0. The van der Waals surface area contributed by atoms with Gasteiger partial charge in [0, 0.05) is 52.5 Å². The zero-order valence-electron chi connectivity index (χ0n) is 19.9. The second kappa shape index (κ2) is 9.41. The van der Waals surface area contributed by atoms with Crippen molar-refractivity contribution in [1.29, 1.82) is 0 Å². The lowest BCUT2D eigenvalue weighted by Gasteiger charge is -2.28. The van der Waals surface area contributed by atoms with Crippen LogP contribution in [0.5, 0.6) is 11.5 Å². The van der Waals surface area contributed by atoms with Crippen molar-refractivity contribution in [3.05, 3.63) is 102 Å². The smallest absolute Gasteiger partial charge is 0.168 e. The molecular formula is C29H25F2N3O2. The van der Waals surface area contributed by atoms with Gasteiger partial charge in [0.15, 0.2) is 11.6 Å². The molecule has 1 atom stereocenters. The van der Waals surface area contributed by atoms with Crippen LogP contribution in [-0.2, 0) is 10.2 Å². The summed E-state index contributed by atoms with van der Waals surface area (Å²) in [6, 6.07) is 17.3. The van der Waals surface area contributed by atoms with Gasteiger partial charge in [-0.25, -0.2) is 13.8 Å². The van der Waals surface area contributed by atoms with Gasteiger partial charge in [-0.3, -0.25) is 0 Å². The Morgan fingerprint density at radius 2 is 1.86 bits per heavy atom. The number of imidazole rings is 1. The molecule has 0 radical (unpaired) electrons. The van der Waals surface area contributed by atoms with Gasteiger partial charge in [0.1, 0.15) is 23.7 Å². The van der Waals surface area contributed by atoms with Crippen molar-refractivity contribution < 1.29 is 18.3 Å². The van der Waals surface area contributed by atoms with Crippen LogP contribution in [0, 0.1) is 18.6 Å². The molecule has 2 aromatic heterocycles. The molecule has 5 rings (SSSR count). The van der Waals surface area contributed by atoms with Crippen molar-refractivity contribution in [2.75, 3.05) is 0 Å². The van der Waals surface area contributed by atoms with E-state index in [0.717, 1.165) is 22.9 Å². The Morgan fingerprint density at radius 3 is 2.64 bits per heavy atom. The largest absolute Gasteiger partial charge is 0.454 e. The van der Waals surface area contributed by atoms with Gasteiger partial charge in [0.05, 0.1) is 5.56 Å². The number of ether oxygens (including phenoxy) is 1. The van der Waals surface area contributed by atoms with Crippen molar-refractivity contribution in [3.8, 4) is 22.9 Å². The summed E-state index contributed by atoms with van der Waals surface area (Å²) in [5.74, 6) is -0.309. The van der Waals surface area contributed by atoms with E-state index in [-0.39, 0.29) is 17.1 Å². The van der Waals surface area contributed by atoms with Crippen molar-refractivity contribution in [3.63, 3.8) is 0 Å². The number of aldehydes is 1. The number of carbonyl (C=O) groups excluding carboxylic acids is 1. The predicted molar refractivity (Wildman–Crippen MR) is 135 cm³/mol. The van der Waals surface area contributed by atoms with Crippen LogP contribution < -0.4 is 4.74 Å². The number of hydrogen-bond donors (Lipinski definition) is 2. The molecule has 0 spiro atoms. The highest BCUT2D eigenvalue weighted by Crippen LogP contribution is 2.38. The number of hydrogen-bond acceptors (Lipinski definition) is 3. The second-order valence-corrected chi connectivity index (χ2v) is 9.04. The number of H-pyrrole nitrogens is 2. The van der Waals surface area contributed by atoms with E-state index in [0.29, 0.717) is 29.7 Å². The van der Waals surface area contributed by atoms with E-state index in [1.165, 1.54) is 24.3 Å². The summed E-state index contributed by atoms with van der Waals surface area (Å²) < 4.78 is 35.6. The first-order valence-corrected chi connectivity index (χ1v) is 11.7. The van der Waals surface area contributed by atoms with Gasteiger partial charge in [-0.1, -0.05) is 30.3 Å². The molecule has 0 amide bonds. The maximum absolute atomic E-state index is 14.9. The molecule has 2 heterocycles. The molecule has 0 aliphatic carbocycles. The number of nitrogens with one attached hydrogen (secondary N) is 2. The molecule has 7 heteroatoms. The van der Waals surface area contributed by atoms with Crippen LogP contribution in [0.4, 0.5) is 8.78 Å². The third kappa shape index (κ3) is 4.17. The summed E-state index contributed by atoms with van der Waals surface area (Å²) >= 11 is 0. The molecule has 0 aliphatic heterocycles. The SMILES string of the molecule is Cc1c(Oc2ccc(F)c(-c3ncc(C(C)(CCC=O)c4ccccc4)[nH]3)c2)c(F)cc2[nH]ccc12. The minimum Gasteiger partial charge on any atom is -0.454 e. The molecule has 182 valence electrons. The van der Waals surface area contributed by atoms with Crippen LogP contribution in [0.2, 0.25) is 0 Å². The maximum atomic E-state index is 14.9. The van der Waals surface area contributed by atoms with Crippen LogP contribution in [0.1, 0.15) is 36.6 Å². The van der Waals surface area contributed by atoms with Crippen LogP contribution >= 0.6 is 0 Å². The molecule has 36 heavy (non-hydrogen) atoms. The highest BCUT2D eigenvalue weighted by molar-refractivity contribution is 5.85. The van der Waals surface area contributed by atoms with E-state index in [1.807, 2.05) is 43.3 Å². The third-order valence-electron chi connectivity index (χ3n) is 6.77. The number of aromatic nitrogens is 3. The van der Waals surface area contributed by atoms with Crippen molar-refractivity contribution >= 4 is 17.2 Å². The van der Waals surface area contributed by atoms with Gasteiger partial charge in [0.25, 0.3) is 0 Å². The van der Waals surface area contributed by atoms with E-state index < -0.39 is 17.0 Å². The summed E-state index contributed by atoms with van der Waals surface area (Å²) in [4.78, 5) is 21.9. The summed E-state index contributed by atoms with van der Waals surface area (Å²) in [6.45, 7) is 3.81. The monoisotopic (exact) mass is 485 g/mol. The number of rotatable bonds is 8. The summed E-state index contributed by atoms with van der Waals surface area (Å²) in [5.41, 5.74) is 2.78. The Balaban J connectivity index is 1.51. The maximum Gasteiger partial charge on any atom is 0.168 e. The van der Waals surface area contributed by atoms with Crippen molar-refractivity contribution in [2.45, 2.75) is 32.1 Å². The quantitative estimate of drug-likeness (QED) is 0.228. The van der Waals surface area contributed by atoms with E-state index >= 15 is 0 Å². The van der Waals surface area contributed by atoms with Gasteiger partial charge < -0.3 is 19.5 Å². The minimum absolute atomic E-state index is 0.0882. The van der Waals surface area contributed by atoms with Crippen LogP contribution in [-0.4, -0.2) is 21.2 Å². The number of nitrogens with zero attached hydrogens (tertiary/aromatic N) is 1. The molecule has 2 N–H and O–H groups in total. The Kier molecular flexibility index (Phi) is 6.14. The van der Waals surface area contributed by atoms with Gasteiger partial charge >= 0.3 is 0 Å². The summed E-state index contributed by atoms with van der Waals surface area (Å²) in [7, 11) is 0. The molecule has 5 nitrogen and oxygen atoms in total. The Morgan fingerprint density at radius 1 is 1.06 bits per heavy atom. The van der Waals surface area contributed by atoms with Crippen LogP contribution in [0.15, 0.2) is 73.1 Å². The van der Waals surface area contributed by atoms with Gasteiger partial charge in [-0.15, -0.1) is 0 Å². The molecule has 3 aromatic carbocycles. The molecule has 0 saturated heterocycles. The van der Waals surface area contributed by atoms with E-state index in [2.05, 4.69) is 15.0 Å². The fourth-order valence-corrected chi connectivity index (χ4v) is 4.64. The summed E-state index contributed by atoms with van der Waals surface area (Å²) in [5, 5.41) is 0.847. The number of fused-ring (bicyclic) bond motifs is 1. The third-order valence-corrected chi connectivity index (χ3v) is 6.77.